The maximum Gasteiger partial charge on any atom is 0.263 e. The number of aryl methyl sites for hydroxylation is 2. The summed E-state index contributed by atoms with van der Waals surface area (Å²) in [4.78, 5) is 20.4. The van der Waals surface area contributed by atoms with Gasteiger partial charge in [-0.1, -0.05) is 11.6 Å². The second-order valence-corrected chi connectivity index (χ2v) is 8.15. The summed E-state index contributed by atoms with van der Waals surface area (Å²) in [6, 6.07) is 13.8. The third-order valence-corrected chi connectivity index (χ3v) is 5.36. The van der Waals surface area contributed by atoms with Crippen LogP contribution in [-0.4, -0.2) is 24.3 Å². The van der Waals surface area contributed by atoms with Crippen LogP contribution in [0.2, 0.25) is 5.02 Å². The first kappa shape index (κ1) is 19.8. The van der Waals surface area contributed by atoms with Crippen LogP contribution in [0.25, 0.3) is 0 Å². The first-order chi connectivity index (χ1) is 13.2. The molecular formula is C19H17ClN4O3S. The quantitative estimate of drug-likeness (QED) is 0.658. The highest BCUT2D eigenvalue weighted by atomic mass is 35.5. The van der Waals surface area contributed by atoms with Crippen molar-refractivity contribution in [1.82, 2.24) is 9.97 Å². The van der Waals surface area contributed by atoms with Crippen molar-refractivity contribution in [3.63, 3.8) is 0 Å². The van der Waals surface area contributed by atoms with Gasteiger partial charge >= 0.3 is 0 Å². The first-order valence-corrected chi connectivity index (χ1v) is 10.1. The van der Waals surface area contributed by atoms with E-state index in [4.69, 9.17) is 11.6 Å². The van der Waals surface area contributed by atoms with Gasteiger partial charge in [-0.2, -0.15) is 0 Å². The fourth-order valence-electron chi connectivity index (χ4n) is 2.49. The Labute approximate surface area is 167 Å². The van der Waals surface area contributed by atoms with Gasteiger partial charge in [-0.15, -0.1) is 0 Å². The molecule has 0 saturated carbocycles. The molecule has 2 aromatic carbocycles. The Morgan fingerprint density at radius 2 is 1.61 bits per heavy atom. The Bertz CT molecular complexity index is 1090. The molecule has 144 valence electrons. The molecule has 0 fully saturated rings. The van der Waals surface area contributed by atoms with Crippen molar-refractivity contribution in [3.05, 3.63) is 76.7 Å². The summed E-state index contributed by atoms with van der Waals surface area (Å²) in [5, 5.41) is 3.24. The summed E-state index contributed by atoms with van der Waals surface area (Å²) in [6.45, 7) is 3.44. The second-order valence-electron chi connectivity index (χ2n) is 6.03. The fraction of sp³-hybridized carbons (Fsp3) is 0.105. The van der Waals surface area contributed by atoms with Crippen LogP contribution in [-0.2, 0) is 10.0 Å². The van der Waals surface area contributed by atoms with E-state index in [2.05, 4.69) is 20.0 Å². The zero-order valence-corrected chi connectivity index (χ0v) is 16.7. The van der Waals surface area contributed by atoms with Crippen LogP contribution in [0, 0.1) is 13.8 Å². The summed E-state index contributed by atoms with van der Waals surface area (Å²) in [7, 11) is -3.82. The van der Waals surface area contributed by atoms with Crippen LogP contribution in [0.1, 0.15) is 21.9 Å². The van der Waals surface area contributed by atoms with E-state index in [9.17, 15) is 13.2 Å². The molecule has 0 spiro atoms. The second kappa shape index (κ2) is 7.95. The molecule has 1 amide bonds. The Balaban J connectivity index is 1.73. The minimum absolute atomic E-state index is 0.0471. The molecule has 2 N–H and O–H groups in total. The monoisotopic (exact) mass is 416 g/mol. The van der Waals surface area contributed by atoms with E-state index >= 15 is 0 Å². The van der Waals surface area contributed by atoms with E-state index in [1.54, 1.807) is 44.2 Å². The van der Waals surface area contributed by atoms with Crippen molar-refractivity contribution in [2.24, 2.45) is 0 Å². The normalized spacial score (nSPS) is 11.1. The van der Waals surface area contributed by atoms with E-state index in [0.717, 1.165) is 0 Å². The highest BCUT2D eigenvalue weighted by Gasteiger charge is 2.16. The van der Waals surface area contributed by atoms with Gasteiger partial charge in [-0.25, -0.2) is 18.4 Å². The number of benzene rings is 2. The first-order valence-electron chi connectivity index (χ1n) is 8.25. The van der Waals surface area contributed by atoms with Gasteiger partial charge < -0.3 is 5.32 Å². The predicted octanol–water partition coefficient (Wildman–Crippen LogP) is 3.80. The Morgan fingerprint density at radius 1 is 0.964 bits per heavy atom. The van der Waals surface area contributed by atoms with E-state index in [-0.39, 0.29) is 16.6 Å². The largest absolute Gasteiger partial charge is 0.322 e. The molecule has 28 heavy (non-hydrogen) atoms. The topological polar surface area (TPSA) is 101 Å². The lowest BCUT2D eigenvalue weighted by Gasteiger charge is -2.10. The average molecular weight is 417 g/mol. The fourth-order valence-corrected chi connectivity index (χ4v) is 3.61. The average Bonchev–Trinajstić information content (AvgIpc) is 2.61. The van der Waals surface area contributed by atoms with Crippen LogP contribution >= 0.6 is 11.6 Å². The smallest absolute Gasteiger partial charge is 0.263 e. The number of rotatable bonds is 5. The van der Waals surface area contributed by atoms with Gasteiger partial charge in [-0.3, -0.25) is 9.52 Å². The van der Waals surface area contributed by atoms with Crippen molar-refractivity contribution in [3.8, 4) is 0 Å². The molecular weight excluding hydrogens is 400 g/mol. The summed E-state index contributed by atoms with van der Waals surface area (Å²) >= 11 is 5.81. The molecule has 7 nitrogen and oxygen atoms in total. The minimum Gasteiger partial charge on any atom is -0.322 e. The number of carbonyl (C=O) groups excluding carboxylic acids is 1. The van der Waals surface area contributed by atoms with Gasteiger partial charge in [0.15, 0.2) is 0 Å². The lowest BCUT2D eigenvalue weighted by atomic mass is 10.2. The number of anilines is 2. The van der Waals surface area contributed by atoms with E-state index in [1.807, 2.05) is 0 Å². The number of nitrogens with zero attached hydrogens (tertiary/aromatic N) is 2. The third kappa shape index (κ3) is 4.85. The number of hydrogen-bond acceptors (Lipinski definition) is 5. The Hall–Kier alpha value is -2.97. The predicted molar refractivity (Wildman–Crippen MR) is 108 cm³/mol. The van der Waals surface area contributed by atoms with Crippen molar-refractivity contribution in [2.75, 3.05) is 10.0 Å². The van der Waals surface area contributed by atoms with Gasteiger partial charge in [0, 0.05) is 28.0 Å². The molecule has 0 unspecified atom stereocenters. The highest BCUT2D eigenvalue weighted by Crippen LogP contribution is 2.19. The molecule has 0 aliphatic rings. The van der Waals surface area contributed by atoms with Gasteiger partial charge in [0.1, 0.15) is 11.6 Å². The van der Waals surface area contributed by atoms with Crippen LogP contribution in [0.4, 0.5) is 11.5 Å². The molecule has 3 rings (SSSR count). The molecule has 0 aliphatic heterocycles. The maximum atomic E-state index is 12.5. The van der Waals surface area contributed by atoms with Crippen molar-refractivity contribution in [1.29, 1.82) is 0 Å². The summed E-state index contributed by atoms with van der Waals surface area (Å²) in [5.74, 6) is 0.348. The number of halogens is 1. The molecule has 9 heteroatoms. The zero-order chi connectivity index (χ0) is 20.3. The number of amides is 1. The standard InChI is InChI=1S/C19H17ClN4O3S/c1-12-11-18(22-13(2)21-12)24-28(26,27)17-9-7-16(8-10-17)23-19(25)14-3-5-15(20)6-4-14/h3-11H,1-2H3,(H,23,25)(H,21,22,24). The molecule has 1 aromatic heterocycles. The van der Waals surface area contributed by atoms with Crippen molar-refractivity contribution in [2.45, 2.75) is 18.7 Å². The van der Waals surface area contributed by atoms with Crippen molar-refractivity contribution >= 4 is 39.0 Å². The van der Waals surface area contributed by atoms with Gasteiger partial charge in [0.05, 0.1) is 4.90 Å². The van der Waals surface area contributed by atoms with Gasteiger partial charge in [0.25, 0.3) is 15.9 Å². The van der Waals surface area contributed by atoms with Crippen LogP contribution in [0.5, 0.6) is 0 Å². The van der Waals surface area contributed by atoms with E-state index in [1.165, 1.54) is 24.3 Å². The zero-order valence-electron chi connectivity index (χ0n) is 15.1. The number of sulfonamides is 1. The maximum absolute atomic E-state index is 12.5. The molecule has 3 aromatic rings. The Morgan fingerprint density at radius 3 is 2.21 bits per heavy atom. The highest BCUT2D eigenvalue weighted by molar-refractivity contribution is 7.92. The number of nitrogens with one attached hydrogen (secondary N) is 2. The lowest BCUT2D eigenvalue weighted by Crippen LogP contribution is -2.15. The molecule has 0 radical (unpaired) electrons. The minimum atomic E-state index is -3.82. The number of aromatic nitrogens is 2. The van der Waals surface area contributed by atoms with E-state index in [0.29, 0.717) is 27.8 Å². The molecule has 0 aliphatic carbocycles. The summed E-state index contributed by atoms with van der Waals surface area (Å²) in [6.07, 6.45) is 0. The molecule has 0 bridgehead atoms. The number of hydrogen-bond donors (Lipinski definition) is 2. The summed E-state index contributed by atoms with van der Waals surface area (Å²) < 4.78 is 27.5. The Kier molecular flexibility index (Phi) is 5.62. The van der Waals surface area contributed by atoms with Crippen molar-refractivity contribution < 1.29 is 13.2 Å². The van der Waals surface area contributed by atoms with Crippen LogP contribution in [0.15, 0.2) is 59.5 Å². The summed E-state index contributed by atoms with van der Waals surface area (Å²) in [5.41, 5.74) is 1.57. The molecule has 0 saturated heterocycles. The SMILES string of the molecule is Cc1cc(NS(=O)(=O)c2ccc(NC(=O)c3ccc(Cl)cc3)cc2)nc(C)n1. The molecule has 0 atom stereocenters. The van der Waals surface area contributed by atoms with Gasteiger partial charge in [0.2, 0.25) is 0 Å². The van der Waals surface area contributed by atoms with Crippen LogP contribution < -0.4 is 10.0 Å². The molecule has 1 heterocycles. The van der Waals surface area contributed by atoms with Gasteiger partial charge in [-0.05, 0) is 62.4 Å². The van der Waals surface area contributed by atoms with Crippen LogP contribution in [0.3, 0.4) is 0 Å². The number of carbonyl (C=O) groups is 1. The van der Waals surface area contributed by atoms with E-state index < -0.39 is 10.0 Å². The third-order valence-electron chi connectivity index (χ3n) is 3.73. The lowest BCUT2D eigenvalue weighted by molar-refractivity contribution is 0.102.